The molecule has 0 atom stereocenters. The summed E-state index contributed by atoms with van der Waals surface area (Å²) >= 11 is 0.681. The van der Waals surface area contributed by atoms with Gasteiger partial charge in [-0.1, -0.05) is 0 Å². The molecule has 0 fully saturated rings. The largest absolute Gasteiger partial charge is 0.485 e. The summed E-state index contributed by atoms with van der Waals surface area (Å²) in [5.74, 6) is -1.77. The minimum atomic E-state index is -4.88. The van der Waals surface area contributed by atoms with Crippen LogP contribution < -0.4 is 9.47 Å². The lowest BCUT2D eigenvalue weighted by Crippen LogP contribution is -2.23. The normalized spacial score (nSPS) is 15.1. The Labute approximate surface area is 86.4 Å². The zero-order valence-electron chi connectivity index (χ0n) is 7.26. The molecule has 0 spiro atoms. The molecular weight excluding hydrogens is 233 g/mol. The fourth-order valence-electron chi connectivity index (χ4n) is 1.15. The van der Waals surface area contributed by atoms with Crippen LogP contribution in [0.15, 0.2) is 5.38 Å². The lowest BCUT2D eigenvalue weighted by Gasteiger charge is -2.15. The van der Waals surface area contributed by atoms with Crippen LogP contribution in [0.3, 0.4) is 0 Å². The summed E-state index contributed by atoms with van der Waals surface area (Å²) in [5, 5.41) is 1.34. The molecule has 0 radical (unpaired) electrons. The molecule has 2 rings (SSSR count). The Bertz CT molecular complexity index is 396. The molecule has 1 aromatic rings. The number of fused-ring (bicyclic) bond motifs is 1. The molecule has 2 heterocycles. The Morgan fingerprint density at radius 1 is 1.33 bits per heavy atom. The van der Waals surface area contributed by atoms with Gasteiger partial charge in [-0.25, -0.2) is 0 Å². The maximum atomic E-state index is 12.1. The van der Waals surface area contributed by atoms with E-state index in [-0.39, 0.29) is 24.7 Å². The van der Waals surface area contributed by atoms with Crippen molar-refractivity contribution in [3.05, 3.63) is 10.3 Å². The highest BCUT2D eigenvalue weighted by Crippen LogP contribution is 2.41. The number of alkyl halides is 3. The zero-order chi connectivity index (χ0) is 11.1. The van der Waals surface area contributed by atoms with Gasteiger partial charge in [0.25, 0.3) is 5.78 Å². The van der Waals surface area contributed by atoms with E-state index in [4.69, 9.17) is 9.47 Å². The molecule has 82 valence electrons. The van der Waals surface area contributed by atoms with Gasteiger partial charge in [-0.2, -0.15) is 13.2 Å². The molecule has 0 amide bonds. The first-order valence-electron chi connectivity index (χ1n) is 3.99. The van der Waals surface area contributed by atoms with E-state index in [2.05, 4.69) is 0 Å². The molecule has 1 aliphatic heterocycles. The number of halogens is 3. The minimum Gasteiger partial charge on any atom is -0.485 e. The molecule has 0 saturated heterocycles. The Balaban J connectivity index is 2.37. The maximum absolute atomic E-state index is 12.1. The lowest BCUT2D eigenvalue weighted by molar-refractivity contribution is -0.0884. The van der Waals surface area contributed by atoms with Gasteiger partial charge >= 0.3 is 6.18 Å². The molecule has 1 aliphatic rings. The van der Waals surface area contributed by atoms with Crippen LogP contribution in [0.4, 0.5) is 13.2 Å². The maximum Gasteiger partial charge on any atom is 0.455 e. The fourth-order valence-corrected chi connectivity index (χ4v) is 2.04. The highest BCUT2D eigenvalue weighted by Gasteiger charge is 2.43. The van der Waals surface area contributed by atoms with E-state index >= 15 is 0 Å². The molecule has 0 aliphatic carbocycles. The summed E-state index contributed by atoms with van der Waals surface area (Å²) in [6.45, 7) is 0.436. The average Bonchev–Trinajstić information content (AvgIpc) is 2.58. The van der Waals surface area contributed by atoms with E-state index in [1.807, 2.05) is 0 Å². The van der Waals surface area contributed by atoms with E-state index in [1.165, 1.54) is 5.38 Å². The van der Waals surface area contributed by atoms with Gasteiger partial charge < -0.3 is 9.47 Å². The molecular formula is C8H5F3O3S. The molecule has 1 aromatic heterocycles. The third kappa shape index (κ3) is 1.79. The van der Waals surface area contributed by atoms with Crippen molar-refractivity contribution in [3.8, 4) is 11.5 Å². The number of carbonyl (C=O) groups is 1. The third-order valence-corrected chi connectivity index (χ3v) is 2.70. The van der Waals surface area contributed by atoms with Gasteiger partial charge in [-0.15, -0.1) is 11.3 Å². The SMILES string of the molecule is O=C(c1scc2c1OCCO2)C(F)(F)F. The number of carbonyl (C=O) groups excluding carboxylic acids is 1. The summed E-state index contributed by atoms with van der Waals surface area (Å²) < 4.78 is 46.4. The number of hydrogen-bond acceptors (Lipinski definition) is 4. The van der Waals surface area contributed by atoms with Gasteiger partial charge in [-0.05, 0) is 0 Å². The summed E-state index contributed by atoms with van der Waals surface area (Å²) in [5.41, 5.74) is 0. The van der Waals surface area contributed by atoms with Crippen LogP contribution in [0.1, 0.15) is 9.67 Å². The fraction of sp³-hybridized carbons (Fsp3) is 0.375. The smallest absolute Gasteiger partial charge is 0.455 e. The Kier molecular flexibility index (Phi) is 2.34. The number of Topliss-reactive ketones (excluding diaryl/α,β-unsaturated/α-hetero) is 1. The van der Waals surface area contributed by atoms with Crippen LogP contribution in [0, 0.1) is 0 Å². The summed E-state index contributed by atoms with van der Waals surface area (Å²) in [6, 6.07) is 0. The van der Waals surface area contributed by atoms with Gasteiger partial charge in [0, 0.05) is 5.38 Å². The van der Waals surface area contributed by atoms with Crippen LogP contribution in [0.5, 0.6) is 11.5 Å². The first-order valence-corrected chi connectivity index (χ1v) is 4.86. The first kappa shape index (κ1) is 10.3. The van der Waals surface area contributed by atoms with Crippen molar-refractivity contribution in [3.63, 3.8) is 0 Å². The van der Waals surface area contributed by atoms with Gasteiger partial charge in [0.15, 0.2) is 11.5 Å². The minimum absolute atomic E-state index is 0.0893. The van der Waals surface area contributed by atoms with E-state index < -0.39 is 16.8 Å². The highest BCUT2D eigenvalue weighted by molar-refractivity contribution is 7.12. The van der Waals surface area contributed by atoms with Crippen molar-refractivity contribution in [2.75, 3.05) is 13.2 Å². The van der Waals surface area contributed by atoms with Crippen LogP contribution in [0.2, 0.25) is 0 Å². The van der Waals surface area contributed by atoms with Crippen molar-refractivity contribution >= 4 is 17.1 Å². The van der Waals surface area contributed by atoms with Crippen LogP contribution in [-0.2, 0) is 0 Å². The Morgan fingerprint density at radius 2 is 2.00 bits per heavy atom. The summed E-state index contributed by atoms with van der Waals surface area (Å²) in [6.07, 6.45) is -4.88. The van der Waals surface area contributed by atoms with Crippen molar-refractivity contribution in [1.82, 2.24) is 0 Å². The van der Waals surface area contributed by atoms with Crippen molar-refractivity contribution in [1.29, 1.82) is 0 Å². The van der Waals surface area contributed by atoms with Crippen LogP contribution >= 0.6 is 11.3 Å². The molecule has 0 aromatic carbocycles. The predicted octanol–water partition coefficient (Wildman–Crippen LogP) is 2.26. The second-order valence-corrected chi connectivity index (χ2v) is 3.66. The van der Waals surface area contributed by atoms with Crippen molar-refractivity contribution < 1.29 is 27.4 Å². The van der Waals surface area contributed by atoms with E-state index in [0.29, 0.717) is 11.3 Å². The van der Waals surface area contributed by atoms with E-state index in [0.717, 1.165) is 0 Å². The number of ether oxygens (including phenoxy) is 2. The van der Waals surface area contributed by atoms with Gasteiger partial charge in [-0.3, -0.25) is 4.79 Å². The predicted molar refractivity (Wildman–Crippen MR) is 45.7 cm³/mol. The lowest BCUT2D eigenvalue weighted by atomic mass is 10.3. The first-order chi connectivity index (χ1) is 7.00. The molecule has 0 saturated carbocycles. The molecule has 0 unspecified atom stereocenters. The molecule has 0 N–H and O–H groups in total. The van der Waals surface area contributed by atoms with Gasteiger partial charge in [0.1, 0.15) is 18.1 Å². The van der Waals surface area contributed by atoms with E-state index in [9.17, 15) is 18.0 Å². The zero-order valence-corrected chi connectivity index (χ0v) is 8.07. The average molecular weight is 238 g/mol. The Hall–Kier alpha value is -1.24. The summed E-state index contributed by atoms with van der Waals surface area (Å²) in [4.78, 5) is 10.5. The van der Waals surface area contributed by atoms with Crippen molar-refractivity contribution in [2.45, 2.75) is 6.18 Å². The van der Waals surface area contributed by atoms with Crippen LogP contribution in [0.25, 0.3) is 0 Å². The van der Waals surface area contributed by atoms with E-state index in [1.54, 1.807) is 0 Å². The molecule has 15 heavy (non-hydrogen) atoms. The van der Waals surface area contributed by atoms with Gasteiger partial charge in [0.2, 0.25) is 0 Å². The monoisotopic (exact) mass is 238 g/mol. The second-order valence-electron chi connectivity index (χ2n) is 2.78. The molecule has 7 heteroatoms. The van der Waals surface area contributed by atoms with Crippen molar-refractivity contribution in [2.24, 2.45) is 0 Å². The summed E-state index contributed by atoms with van der Waals surface area (Å²) in [7, 11) is 0. The van der Waals surface area contributed by atoms with Gasteiger partial charge in [0.05, 0.1) is 0 Å². The standard InChI is InChI=1S/C8H5F3O3S/c9-8(10,11)7(12)6-5-4(3-15-6)13-1-2-14-5/h3H,1-2H2. The molecule has 0 bridgehead atoms. The molecule has 3 nitrogen and oxygen atoms in total. The number of thiophene rings is 1. The Morgan fingerprint density at radius 3 is 2.67 bits per heavy atom. The van der Waals surface area contributed by atoms with Crippen LogP contribution in [-0.4, -0.2) is 25.2 Å². The topological polar surface area (TPSA) is 35.5 Å². The highest BCUT2D eigenvalue weighted by atomic mass is 32.1. The number of rotatable bonds is 1. The second kappa shape index (κ2) is 3.41. The quantitative estimate of drug-likeness (QED) is 0.704. The third-order valence-electron chi connectivity index (χ3n) is 1.76. The number of ketones is 1. The number of hydrogen-bond donors (Lipinski definition) is 0.